The molecule has 7 heteroatoms. The zero-order valence-electron chi connectivity index (χ0n) is 13.3. The van der Waals surface area contributed by atoms with Crippen LogP contribution in [0.2, 0.25) is 0 Å². The Morgan fingerprint density at radius 2 is 1.80 bits per heavy atom. The molecule has 7 nitrogen and oxygen atoms in total. The van der Waals surface area contributed by atoms with E-state index in [-0.39, 0.29) is 6.03 Å². The van der Waals surface area contributed by atoms with Crippen molar-refractivity contribution >= 4 is 11.7 Å². The highest BCUT2D eigenvalue weighted by Gasteiger charge is 2.31. The molecule has 1 aliphatic carbocycles. The lowest BCUT2D eigenvalue weighted by molar-refractivity contribution is 0.144. The van der Waals surface area contributed by atoms with Crippen molar-refractivity contribution in [1.82, 2.24) is 20.3 Å². The molecule has 2 aromatic carbocycles. The normalized spacial score (nSPS) is 18.6. The summed E-state index contributed by atoms with van der Waals surface area (Å²) in [6, 6.07) is 14.2. The van der Waals surface area contributed by atoms with Gasteiger partial charge in [0.2, 0.25) is 0 Å². The number of carbonyl (C=O) groups excluding carboxylic acids is 1. The van der Waals surface area contributed by atoms with E-state index in [0.717, 1.165) is 16.8 Å². The molecule has 1 aliphatic rings. The minimum absolute atomic E-state index is 0.356. The summed E-state index contributed by atoms with van der Waals surface area (Å²) in [5, 5.41) is 23.9. The summed E-state index contributed by atoms with van der Waals surface area (Å²) >= 11 is 0. The number of nitrogens with one attached hydrogen (secondary N) is 2. The summed E-state index contributed by atoms with van der Waals surface area (Å²) in [5.41, 5.74) is 3.48. The summed E-state index contributed by atoms with van der Waals surface area (Å²) in [7, 11) is 0. The van der Waals surface area contributed by atoms with E-state index in [2.05, 4.69) is 20.8 Å². The predicted octanol–water partition coefficient (Wildman–Crippen LogP) is 2.05. The highest BCUT2D eigenvalue weighted by Crippen LogP contribution is 2.31. The molecule has 2 atom stereocenters. The van der Waals surface area contributed by atoms with Crippen LogP contribution in [0.4, 0.5) is 10.5 Å². The Morgan fingerprint density at radius 3 is 2.56 bits per heavy atom. The van der Waals surface area contributed by atoms with Crippen molar-refractivity contribution in [3.63, 3.8) is 0 Å². The summed E-state index contributed by atoms with van der Waals surface area (Å²) in [6.45, 7) is 0. The zero-order chi connectivity index (χ0) is 17.2. The number of aliphatic hydroxyl groups excluding tert-OH is 1. The lowest BCUT2D eigenvalue weighted by atomic mass is 10.1. The highest BCUT2D eigenvalue weighted by molar-refractivity contribution is 5.89. The molecule has 2 amide bonds. The molecular weight excluding hydrogens is 318 g/mol. The van der Waals surface area contributed by atoms with E-state index in [1.165, 1.54) is 4.80 Å². The number of rotatable bonds is 3. The molecule has 0 spiro atoms. The van der Waals surface area contributed by atoms with Gasteiger partial charge in [-0.05, 0) is 35.4 Å². The van der Waals surface area contributed by atoms with Gasteiger partial charge in [-0.15, -0.1) is 0 Å². The fourth-order valence-electron chi connectivity index (χ4n) is 3.08. The van der Waals surface area contributed by atoms with Gasteiger partial charge in [-0.3, -0.25) is 0 Å². The van der Waals surface area contributed by atoms with Gasteiger partial charge in [0.05, 0.1) is 30.2 Å². The maximum atomic E-state index is 12.3. The Balaban J connectivity index is 1.42. The first-order valence-corrected chi connectivity index (χ1v) is 8.01. The molecule has 0 aliphatic heterocycles. The lowest BCUT2D eigenvalue weighted by Crippen LogP contribution is -2.36. The van der Waals surface area contributed by atoms with Crippen molar-refractivity contribution in [3.8, 4) is 5.69 Å². The first kappa shape index (κ1) is 15.3. The van der Waals surface area contributed by atoms with Crippen LogP contribution in [0.3, 0.4) is 0 Å². The largest absolute Gasteiger partial charge is 0.390 e. The molecule has 1 aromatic heterocycles. The maximum absolute atomic E-state index is 12.3. The predicted molar refractivity (Wildman–Crippen MR) is 92.4 cm³/mol. The van der Waals surface area contributed by atoms with Crippen LogP contribution in [0.15, 0.2) is 60.9 Å². The zero-order valence-corrected chi connectivity index (χ0v) is 13.3. The molecule has 4 rings (SSSR count). The molecule has 0 radical (unpaired) electrons. The average molecular weight is 335 g/mol. The third-order valence-corrected chi connectivity index (χ3v) is 4.27. The van der Waals surface area contributed by atoms with Gasteiger partial charge in [0.15, 0.2) is 0 Å². The van der Waals surface area contributed by atoms with E-state index in [1.54, 1.807) is 24.5 Å². The average Bonchev–Trinajstić information content (AvgIpc) is 3.25. The van der Waals surface area contributed by atoms with Gasteiger partial charge in [0.1, 0.15) is 0 Å². The van der Waals surface area contributed by atoms with E-state index in [1.807, 2.05) is 36.4 Å². The molecule has 1 heterocycles. The van der Waals surface area contributed by atoms with Crippen LogP contribution in [0.25, 0.3) is 5.69 Å². The Morgan fingerprint density at radius 1 is 1.08 bits per heavy atom. The molecule has 0 bridgehead atoms. The van der Waals surface area contributed by atoms with Gasteiger partial charge >= 0.3 is 6.03 Å². The number of aliphatic hydroxyl groups is 1. The van der Waals surface area contributed by atoms with E-state index in [9.17, 15) is 9.90 Å². The SMILES string of the molecule is O=C(Nc1ccc(-n2nccn2)cc1)N[C@H]1c2ccccc2C[C@H]1O. The van der Waals surface area contributed by atoms with Crippen molar-refractivity contribution in [2.24, 2.45) is 0 Å². The summed E-state index contributed by atoms with van der Waals surface area (Å²) in [6.07, 6.45) is 3.14. The number of fused-ring (bicyclic) bond motifs is 1. The minimum atomic E-state index is -0.614. The maximum Gasteiger partial charge on any atom is 0.319 e. The van der Waals surface area contributed by atoms with Crippen molar-refractivity contribution in [1.29, 1.82) is 0 Å². The van der Waals surface area contributed by atoms with Gasteiger partial charge in [-0.25, -0.2) is 4.79 Å². The third-order valence-electron chi connectivity index (χ3n) is 4.27. The first-order valence-electron chi connectivity index (χ1n) is 8.01. The number of amides is 2. The van der Waals surface area contributed by atoms with Crippen molar-refractivity contribution < 1.29 is 9.90 Å². The lowest BCUT2D eigenvalue weighted by Gasteiger charge is -2.18. The van der Waals surface area contributed by atoms with Crippen LogP contribution >= 0.6 is 0 Å². The number of nitrogens with zero attached hydrogens (tertiary/aromatic N) is 3. The van der Waals surface area contributed by atoms with Crippen LogP contribution in [-0.2, 0) is 6.42 Å². The Bertz CT molecular complexity index is 877. The number of hydrogen-bond donors (Lipinski definition) is 3. The van der Waals surface area contributed by atoms with Gasteiger partial charge in [-0.2, -0.15) is 15.0 Å². The molecule has 0 saturated carbocycles. The van der Waals surface area contributed by atoms with Gasteiger partial charge in [0.25, 0.3) is 0 Å². The van der Waals surface area contributed by atoms with Gasteiger partial charge in [-0.1, -0.05) is 24.3 Å². The summed E-state index contributed by atoms with van der Waals surface area (Å²) < 4.78 is 0. The number of aromatic nitrogens is 3. The number of anilines is 1. The second-order valence-electron chi connectivity index (χ2n) is 5.91. The van der Waals surface area contributed by atoms with Crippen molar-refractivity contribution in [3.05, 3.63) is 72.1 Å². The summed E-state index contributed by atoms with van der Waals surface area (Å²) in [5.74, 6) is 0. The van der Waals surface area contributed by atoms with Gasteiger partial charge < -0.3 is 15.7 Å². The van der Waals surface area contributed by atoms with Crippen LogP contribution in [0.5, 0.6) is 0 Å². The van der Waals surface area contributed by atoms with Gasteiger partial charge in [0, 0.05) is 12.1 Å². The fraction of sp³-hybridized carbons (Fsp3) is 0.167. The quantitative estimate of drug-likeness (QED) is 0.683. The summed E-state index contributed by atoms with van der Waals surface area (Å²) in [4.78, 5) is 13.8. The smallest absolute Gasteiger partial charge is 0.319 e. The van der Waals surface area contributed by atoms with Crippen LogP contribution in [0, 0.1) is 0 Å². The second-order valence-corrected chi connectivity index (χ2v) is 5.91. The Hall–Kier alpha value is -3.19. The topological polar surface area (TPSA) is 92.1 Å². The molecule has 126 valence electrons. The highest BCUT2D eigenvalue weighted by atomic mass is 16.3. The van der Waals surface area contributed by atoms with E-state index in [4.69, 9.17) is 0 Å². The van der Waals surface area contributed by atoms with E-state index < -0.39 is 12.1 Å². The van der Waals surface area contributed by atoms with E-state index >= 15 is 0 Å². The fourth-order valence-corrected chi connectivity index (χ4v) is 3.08. The number of hydrogen-bond acceptors (Lipinski definition) is 4. The Labute approximate surface area is 144 Å². The van der Waals surface area contributed by atoms with Crippen molar-refractivity contribution in [2.75, 3.05) is 5.32 Å². The third kappa shape index (κ3) is 3.09. The standard InChI is InChI=1S/C18H17N5O2/c24-16-11-12-3-1-2-4-15(12)17(16)22-18(25)21-13-5-7-14(8-6-13)23-19-9-10-20-23/h1-10,16-17,24H,11H2,(H2,21,22,25)/t16-,17+/m1/s1. The second kappa shape index (κ2) is 6.37. The molecular formula is C18H17N5O2. The monoisotopic (exact) mass is 335 g/mol. The van der Waals surface area contributed by atoms with Crippen molar-refractivity contribution in [2.45, 2.75) is 18.6 Å². The number of carbonyl (C=O) groups is 1. The molecule has 25 heavy (non-hydrogen) atoms. The molecule has 0 unspecified atom stereocenters. The minimum Gasteiger partial charge on any atom is -0.390 e. The molecule has 0 saturated heterocycles. The molecule has 3 N–H and O–H groups in total. The number of benzene rings is 2. The van der Waals surface area contributed by atoms with Crippen LogP contribution in [-0.4, -0.2) is 32.2 Å². The molecule has 0 fully saturated rings. The molecule has 3 aromatic rings. The Kier molecular flexibility index (Phi) is 3.91. The van der Waals surface area contributed by atoms with Crippen LogP contribution in [0.1, 0.15) is 17.2 Å². The van der Waals surface area contributed by atoms with Crippen LogP contribution < -0.4 is 10.6 Å². The number of urea groups is 1. The van der Waals surface area contributed by atoms with E-state index in [0.29, 0.717) is 12.1 Å². The first-order chi connectivity index (χ1) is 12.2.